The summed E-state index contributed by atoms with van der Waals surface area (Å²) in [6.07, 6.45) is 1.07. The van der Waals surface area contributed by atoms with Gasteiger partial charge in [0.15, 0.2) is 0 Å². The number of hydrogen-bond donors (Lipinski definition) is 0. The SMILES string of the molecule is C[Si](C)(C)[CH2][Sn]([Cl])([Cl])[CH2]C[CH2][Sn]([Cl])([Cl])[CH2][Si](C)(C)C. The van der Waals surface area contributed by atoms with Crippen molar-refractivity contribution in [3.8, 4) is 0 Å². The zero-order valence-electron chi connectivity index (χ0n) is 13.0. The predicted octanol–water partition coefficient (Wildman–Crippen LogP) is 6.97. The summed E-state index contributed by atoms with van der Waals surface area (Å²) in [6.45, 7) is 14.1. The van der Waals surface area contributed by atoms with Gasteiger partial charge in [-0.15, -0.1) is 0 Å². The van der Waals surface area contributed by atoms with Crippen molar-refractivity contribution in [2.24, 2.45) is 0 Å². The van der Waals surface area contributed by atoms with Crippen molar-refractivity contribution in [2.75, 3.05) is 0 Å². The first-order chi connectivity index (χ1) is 8.12. The molecule has 0 aromatic heterocycles. The Morgan fingerprint density at radius 1 is 0.632 bits per heavy atom. The van der Waals surface area contributed by atoms with Crippen molar-refractivity contribution in [2.45, 2.75) is 62.7 Å². The van der Waals surface area contributed by atoms with Gasteiger partial charge in [-0.2, -0.15) is 0 Å². The van der Waals surface area contributed by atoms with Gasteiger partial charge in [-0.25, -0.2) is 0 Å². The topological polar surface area (TPSA) is 0 Å². The molecule has 8 heteroatoms. The van der Waals surface area contributed by atoms with Crippen LogP contribution in [-0.2, 0) is 0 Å². The summed E-state index contributed by atoms with van der Waals surface area (Å²) in [5, 5.41) is 0. The van der Waals surface area contributed by atoms with Gasteiger partial charge < -0.3 is 0 Å². The molecular formula is C11H28Cl4Si2Sn2. The van der Waals surface area contributed by atoms with Crippen LogP contribution in [0.3, 0.4) is 0 Å². The first kappa shape index (κ1) is 22.2. The summed E-state index contributed by atoms with van der Waals surface area (Å²) in [7, 11) is 24.3. The maximum absolute atomic E-state index is 6.64. The van der Waals surface area contributed by atoms with Gasteiger partial charge in [0.25, 0.3) is 0 Å². The molecule has 0 aliphatic carbocycles. The third kappa shape index (κ3) is 14.5. The number of halogens is 4. The van der Waals surface area contributed by atoms with Crippen LogP contribution in [0.5, 0.6) is 0 Å². The molecule has 0 aliphatic heterocycles. The van der Waals surface area contributed by atoms with Crippen LogP contribution >= 0.6 is 35.7 Å². The summed E-state index contributed by atoms with van der Waals surface area (Å²) in [5.41, 5.74) is 0. The first-order valence-corrected chi connectivity index (χ1v) is 36.8. The minimum absolute atomic E-state index is 1.03. The van der Waals surface area contributed by atoms with Crippen LogP contribution in [-0.4, -0.2) is 48.4 Å². The molecule has 116 valence electrons. The van der Waals surface area contributed by atoms with Crippen molar-refractivity contribution in [3.63, 3.8) is 0 Å². The molecule has 0 amide bonds. The summed E-state index contributed by atoms with van der Waals surface area (Å²) in [6, 6.07) is 0. The van der Waals surface area contributed by atoms with E-state index in [0.717, 1.165) is 23.4 Å². The summed E-state index contributed by atoms with van der Waals surface area (Å²) in [5.74, 6) is 0. The van der Waals surface area contributed by atoms with Crippen LogP contribution in [0, 0.1) is 0 Å². The van der Waals surface area contributed by atoms with Gasteiger partial charge in [0.2, 0.25) is 0 Å². The van der Waals surface area contributed by atoms with E-state index in [1.807, 2.05) is 0 Å². The molecule has 0 fully saturated rings. The Morgan fingerprint density at radius 3 is 1.11 bits per heavy atom. The third-order valence-electron chi connectivity index (χ3n) is 2.66. The zero-order valence-corrected chi connectivity index (χ0v) is 23.8. The molecule has 0 atom stereocenters. The van der Waals surface area contributed by atoms with Crippen LogP contribution < -0.4 is 0 Å². The summed E-state index contributed by atoms with van der Waals surface area (Å²) >= 11 is -5.64. The molecule has 0 spiro atoms. The van der Waals surface area contributed by atoms with Crippen LogP contribution in [0.2, 0.25) is 56.3 Å². The Hall–Kier alpha value is 3.19. The van der Waals surface area contributed by atoms with Crippen LogP contribution in [0.25, 0.3) is 0 Å². The molecule has 0 saturated carbocycles. The molecule has 0 radical (unpaired) electrons. The van der Waals surface area contributed by atoms with Gasteiger partial charge >= 0.3 is 147 Å². The van der Waals surface area contributed by atoms with Gasteiger partial charge in [-0.3, -0.25) is 0 Å². The maximum atomic E-state index is 6.64. The van der Waals surface area contributed by atoms with E-state index in [0.29, 0.717) is 0 Å². The van der Waals surface area contributed by atoms with Crippen LogP contribution in [0.1, 0.15) is 6.42 Å². The van der Waals surface area contributed by atoms with E-state index in [1.54, 1.807) is 0 Å². The number of hydrogen-bond acceptors (Lipinski definition) is 0. The Morgan fingerprint density at radius 2 is 0.895 bits per heavy atom. The predicted molar refractivity (Wildman–Crippen MR) is 105 cm³/mol. The van der Waals surface area contributed by atoms with E-state index < -0.39 is 48.4 Å². The van der Waals surface area contributed by atoms with Gasteiger partial charge in [0.1, 0.15) is 0 Å². The molecule has 0 bridgehead atoms. The molecule has 0 saturated heterocycles. The average Bonchev–Trinajstić information content (AvgIpc) is 1.90. The Bertz CT molecular complexity index is 257. The fourth-order valence-electron chi connectivity index (χ4n) is 2.33. The van der Waals surface area contributed by atoms with Crippen molar-refractivity contribution >= 4 is 84.1 Å². The fourth-order valence-corrected chi connectivity index (χ4v) is 78.1. The van der Waals surface area contributed by atoms with E-state index >= 15 is 0 Å². The van der Waals surface area contributed by atoms with E-state index in [9.17, 15) is 0 Å². The normalized spacial score (nSPS) is 14.8. The third-order valence-corrected chi connectivity index (χ3v) is 54.9. The molecule has 0 aromatic carbocycles. The standard InChI is InChI=1S/2C4H11Si.C3H6.4ClH.2Sn/c2*1-5(2,3)4;1-3-2;;;;;;/h2*1H2,2-4H3;1-3H2;4*1H;;/q;;;;;;;2*+2/p-4. The fraction of sp³-hybridized carbons (Fsp3) is 1.00. The van der Waals surface area contributed by atoms with Crippen molar-refractivity contribution < 1.29 is 0 Å². The summed E-state index contributed by atoms with van der Waals surface area (Å²) < 4.78 is 4.36. The molecule has 0 N–H and O–H groups in total. The van der Waals surface area contributed by atoms with Gasteiger partial charge in [0, 0.05) is 0 Å². The van der Waals surface area contributed by atoms with E-state index in [4.69, 9.17) is 35.7 Å². The van der Waals surface area contributed by atoms with Crippen molar-refractivity contribution in [3.05, 3.63) is 0 Å². The second-order valence-electron chi connectivity index (χ2n) is 8.04. The van der Waals surface area contributed by atoms with E-state index in [1.165, 1.54) is 0 Å². The average molecular weight is 596 g/mol. The molecule has 19 heavy (non-hydrogen) atoms. The van der Waals surface area contributed by atoms with E-state index in [2.05, 4.69) is 39.3 Å². The zero-order chi connectivity index (χ0) is 15.5. The number of rotatable bonds is 8. The second kappa shape index (κ2) is 8.34. The first-order valence-electron chi connectivity index (χ1n) is 6.88. The van der Waals surface area contributed by atoms with Crippen LogP contribution in [0.4, 0.5) is 0 Å². The Balaban J connectivity index is 4.21. The molecule has 0 unspecified atom stereocenters. The molecular weight excluding hydrogens is 568 g/mol. The quantitative estimate of drug-likeness (QED) is 0.266. The molecule has 0 aliphatic rings. The van der Waals surface area contributed by atoms with E-state index in [-0.39, 0.29) is 0 Å². The summed E-state index contributed by atoms with van der Waals surface area (Å²) in [4.78, 5) is 0. The van der Waals surface area contributed by atoms with Gasteiger partial charge in [0.05, 0.1) is 0 Å². The molecule has 0 heterocycles. The van der Waals surface area contributed by atoms with Gasteiger partial charge in [-0.1, -0.05) is 0 Å². The minimum atomic E-state index is -2.82. The van der Waals surface area contributed by atoms with Gasteiger partial charge in [-0.05, 0) is 0 Å². The molecule has 0 rings (SSSR count). The monoisotopic (exact) mass is 596 g/mol. The Kier molecular flexibility index (Phi) is 9.74. The molecule has 0 aromatic rings. The Labute approximate surface area is 144 Å². The second-order valence-corrected chi connectivity index (χ2v) is 59.7. The molecule has 0 nitrogen and oxygen atoms in total. The van der Waals surface area contributed by atoms with Crippen molar-refractivity contribution in [1.82, 2.24) is 0 Å². The van der Waals surface area contributed by atoms with Crippen LogP contribution in [0.15, 0.2) is 0 Å². The van der Waals surface area contributed by atoms with Crippen molar-refractivity contribution in [1.29, 1.82) is 0 Å².